The zero-order valence-electron chi connectivity index (χ0n) is 15.4. The minimum Gasteiger partial charge on any atom is -0.460 e. The maximum Gasteiger partial charge on any atom is 0.306 e. The summed E-state index contributed by atoms with van der Waals surface area (Å²) in [5, 5.41) is 5.68. The van der Waals surface area contributed by atoms with Crippen LogP contribution in [0.15, 0.2) is 0 Å². The molecule has 10 heteroatoms. The van der Waals surface area contributed by atoms with Crippen molar-refractivity contribution in [2.75, 3.05) is 36.8 Å². The van der Waals surface area contributed by atoms with E-state index < -0.39 is 11.6 Å². The number of nitrogens with zero attached hydrogens (tertiary/aromatic N) is 1. The highest BCUT2D eigenvalue weighted by Gasteiger charge is 2.19. The number of carbonyl (C=O) groups excluding carboxylic acids is 4. The van der Waals surface area contributed by atoms with Crippen LogP contribution >= 0.6 is 31.9 Å². The van der Waals surface area contributed by atoms with E-state index in [0.29, 0.717) is 0 Å². The van der Waals surface area contributed by atoms with Crippen LogP contribution in [0, 0.1) is 0 Å². The predicted octanol–water partition coefficient (Wildman–Crippen LogP) is 0.959. The van der Waals surface area contributed by atoms with Gasteiger partial charge in [-0.1, -0.05) is 31.9 Å². The quantitative estimate of drug-likeness (QED) is 0.324. The second-order valence-corrected chi connectivity index (χ2v) is 7.56. The van der Waals surface area contributed by atoms with Crippen molar-refractivity contribution in [1.82, 2.24) is 15.5 Å². The Hall–Kier alpha value is -1.16. The molecule has 0 aromatic heterocycles. The Morgan fingerprint density at radius 2 is 1.35 bits per heavy atom. The van der Waals surface area contributed by atoms with E-state index in [4.69, 9.17) is 4.74 Å². The molecule has 0 atom stereocenters. The molecule has 0 spiro atoms. The summed E-state index contributed by atoms with van der Waals surface area (Å²) in [7, 11) is 0. The molecule has 26 heavy (non-hydrogen) atoms. The fourth-order valence-corrected chi connectivity index (χ4v) is 2.27. The lowest BCUT2D eigenvalue weighted by Gasteiger charge is -2.24. The lowest BCUT2D eigenvalue weighted by atomic mass is 10.2. The van der Waals surface area contributed by atoms with Crippen LogP contribution in [0.5, 0.6) is 0 Å². The molecular formula is C16H27Br2N3O5. The fourth-order valence-electron chi connectivity index (χ4n) is 1.88. The van der Waals surface area contributed by atoms with Gasteiger partial charge in [0, 0.05) is 32.6 Å². The number of carbonyl (C=O) groups is 4. The molecule has 0 aromatic rings. The third-order valence-corrected chi connectivity index (χ3v) is 3.98. The summed E-state index contributed by atoms with van der Waals surface area (Å²) in [5.74, 6) is -1.04. The maximum absolute atomic E-state index is 12.4. The van der Waals surface area contributed by atoms with E-state index in [-0.39, 0.29) is 67.4 Å². The van der Waals surface area contributed by atoms with E-state index in [0.717, 1.165) is 0 Å². The molecule has 0 rings (SSSR count). The molecule has 0 aromatic carbocycles. The first-order valence-electron chi connectivity index (χ1n) is 8.24. The monoisotopic (exact) mass is 499 g/mol. The van der Waals surface area contributed by atoms with E-state index in [1.165, 1.54) is 4.90 Å². The summed E-state index contributed by atoms with van der Waals surface area (Å²) >= 11 is 6.09. The van der Waals surface area contributed by atoms with Gasteiger partial charge in [0.05, 0.1) is 17.1 Å². The molecule has 0 saturated carbocycles. The summed E-state index contributed by atoms with van der Waals surface area (Å²) in [4.78, 5) is 48.2. The van der Waals surface area contributed by atoms with Crippen LogP contribution in [0.2, 0.25) is 0 Å². The second kappa shape index (κ2) is 13.1. The van der Waals surface area contributed by atoms with E-state index in [1.54, 1.807) is 20.8 Å². The number of hydrogen-bond donors (Lipinski definition) is 2. The van der Waals surface area contributed by atoms with Crippen LogP contribution in [0.1, 0.15) is 33.6 Å². The molecule has 0 bridgehead atoms. The highest BCUT2D eigenvalue weighted by atomic mass is 79.9. The average molecular weight is 501 g/mol. The van der Waals surface area contributed by atoms with Crippen molar-refractivity contribution in [2.24, 2.45) is 0 Å². The van der Waals surface area contributed by atoms with Crippen molar-refractivity contribution in [3.8, 4) is 0 Å². The van der Waals surface area contributed by atoms with Gasteiger partial charge in [-0.05, 0) is 20.8 Å². The average Bonchev–Trinajstić information content (AvgIpc) is 2.56. The molecule has 0 radical (unpaired) electrons. The predicted molar refractivity (Wildman–Crippen MR) is 105 cm³/mol. The lowest BCUT2D eigenvalue weighted by Crippen LogP contribution is -2.43. The van der Waals surface area contributed by atoms with E-state index >= 15 is 0 Å². The zero-order valence-corrected chi connectivity index (χ0v) is 18.6. The maximum atomic E-state index is 12.4. The number of rotatable bonds is 11. The van der Waals surface area contributed by atoms with Gasteiger partial charge in [0.2, 0.25) is 17.7 Å². The number of amides is 3. The third-order valence-electron chi connectivity index (χ3n) is 2.97. The highest BCUT2D eigenvalue weighted by molar-refractivity contribution is 9.09. The Kier molecular flexibility index (Phi) is 12.5. The van der Waals surface area contributed by atoms with Crippen molar-refractivity contribution in [3.05, 3.63) is 0 Å². The Bertz CT molecular complexity index is 473. The van der Waals surface area contributed by atoms with E-state index in [2.05, 4.69) is 42.5 Å². The second-order valence-electron chi connectivity index (χ2n) is 6.43. The van der Waals surface area contributed by atoms with Crippen LogP contribution < -0.4 is 10.6 Å². The van der Waals surface area contributed by atoms with E-state index in [9.17, 15) is 19.2 Å². The van der Waals surface area contributed by atoms with Crippen molar-refractivity contribution in [1.29, 1.82) is 0 Å². The molecule has 3 amide bonds. The Labute approximate surface area is 171 Å². The first-order chi connectivity index (χ1) is 12.1. The van der Waals surface area contributed by atoms with Gasteiger partial charge >= 0.3 is 5.97 Å². The molecular weight excluding hydrogens is 474 g/mol. The zero-order chi connectivity index (χ0) is 20.2. The van der Waals surface area contributed by atoms with Gasteiger partial charge in [-0.15, -0.1) is 0 Å². The normalized spacial score (nSPS) is 10.8. The summed E-state index contributed by atoms with van der Waals surface area (Å²) in [6.07, 6.45) is -0.0121. The third kappa shape index (κ3) is 13.1. The number of ether oxygens (including phenoxy) is 1. The number of halogens is 2. The van der Waals surface area contributed by atoms with Crippen molar-refractivity contribution in [2.45, 2.75) is 39.2 Å². The number of esters is 1. The summed E-state index contributed by atoms with van der Waals surface area (Å²) < 4.78 is 5.19. The van der Waals surface area contributed by atoms with Crippen molar-refractivity contribution >= 4 is 55.6 Å². The van der Waals surface area contributed by atoms with Gasteiger partial charge in [0.15, 0.2) is 0 Å². The van der Waals surface area contributed by atoms with Gasteiger partial charge in [-0.2, -0.15) is 0 Å². The molecule has 150 valence electrons. The summed E-state index contributed by atoms with van der Waals surface area (Å²) in [6, 6.07) is 0. The minimum absolute atomic E-state index is 0.00763. The Balaban J connectivity index is 4.53. The summed E-state index contributed by atoms with van der Waals surface area (Å²) in [5.41, 5.74) is -0.597. The molecule has 8 nitrogen and oxygen atoms in total. The lowest BCUT2D eigenvalue weighted by molar-refractivity contribution is -0.156. The van der Waals surface area contributed by atoms with Gasteiger partial charge < -0.3 is 20.3 Å². The SMILES string of the molecule is CC(C)(C)OC(=O)CCC(=O)N(CCNC(=O)CBr)CCNC(=O)CBr. The van der Waals surface area contributed by atoms with Crippen molar-refractivity contribution in [3.63, 3.8) is 0 Å². The Morgan fingerprint density at radius 3 is 1.73 bits per heavy atom. The molecule has 2 N–H and O–H groups in total. The standard InChI is InChI=1S/C16H27Br2N3O5/c1-16(2,3)26-15(25)5-4-14(24)21(8-6-19-12(22)10-17)9-7-20-13(23)11-18/h4-11H2,1-3H3,(H,19,22)(H,20,23). The number of nitrogens with one attached hydrogen (secondary N) is 2. The molecule has 0 fully saturated rings. The molecule has 0 aliphatic rings. The molecule has 0 heterocycles. The van der Waals surface area contributed by atoms with Crippen LogP contribution in [0.4, 0.5) is 0 Å². The van der Waals surface area contributed by atoms with Gasteiger partial charge in [-0.25, -0.2) is 0 Å². The largest absolute Gasteiger partial charge is 0.460 e. The molecule has 0 saturated heterocycles. The van der Waals surface area contributed by atoms with E-state index in [1.807, 2.05) is 0 Å². The van der Waals surface area contributed by atoms with Crippen LogP contribution in [-0.2, 0) is 23.9 Å². The molecule has 0 aliphatic carbocycles. The molecule has 0 aliphatic heterocycles. The molecule has 0 unspecified atom stereocenters. The minimum atomic E-state index is -0.597. The Morgan fingerprint density at radius 1 is 0.885 bits per heavy atom. The van der Waals surface area contributed by atoms with Gasteiger partial charge in [0.1, 0.15) is 5.60 Å². The first kappa shape index (κ1) is 24.8. The fraction of sp³-hybridized carbons (Fsp3) is 0.750. The first-order valence-corrected chi connectivity index (χ1v) is 10.5. The topological polar surface area (TPSA) is 105 Å². The number of hydrogen-bond acceptors (Lipinski definition) is 5. The van der Waals surface area contributed by atoms with Crippen LogP contribution in [0.25, 0.3) is 0 Å². The van der Waals surface area contributed by atoms with Crippen molar-refractivity contribution < 1.29 is 23.9 Å². The van der Waals surface area contributed by atoms with Gasteiger partial charge in [0.25, 0.3) is 0 Å². The van der Waals surface area contributed by atoms with Gasteiger partial charge in [-0.3, -0.25) is 19.2 Å². The number of alkyl halides is 2. The highest BCUT2D eigenvalue weighted by Crippen LogP contribution is 2.09. The summed E-state index contributed by atoms with van der Waals surface area (Å²) in [6.45, 7) is 6.44. The van der Waals surface area contributed by atoms with Crippen LogP contribution in [0.3, 0.4) is 0 Å². The smallest absolute Gasteiger partial charge is 0.306 e. The van der Waals surface area contributed by atoms with Crippen LogP contribution in [-0.4, -0.2) is 71.0 Å².